The molecule has 0 saturated carbocycles. The standard InChI is InChI=1S/C53H103NO8/c1-6-8-10-12-14-16-18-20-22-23-24-25-26-27-28-29-30-32-34-36-38-40-42-44-51(56)62-49(48-61-53(52(57)58)59-46-45-54(3,4)5)47-60-50(55)43-41-39-37-35-33-31-21-19-17-15-13-11-9-7-2/h49,53H,6-48H2,1-5H3. The van der Waals surface area contributed by atoms with Gasteiger partial charge in [0.25, 0.3) is 0 Å². The molecule has 0 amide bonds. The Morgan fingerprint density at radius 2 is 0.726 bits per heavy atom. The average Bonchev–Trinajstić information content (AvgIpc) is 3.23. The highest BCUT2D eigenvalue weighted by Crippen LogP contribution is 2.17. The number of unbranched alkanes of at least 4 members (excludes halogenated alkanes) is 35. The maximum absolute atomic E-state index is 12.8. The molecule has 0 fully saturated rings. The van der Waals surface area contributed by atoms with Gasteiger partial charge in [-0.1, -0.05) is 239 Å². The van der Waals surface area contributed by atoms with E-state index in [0.717, 1.165) is 38.5 Å². The van der Waals surface area contributed by atoms with E-state index in [1.165, 1.54) is 199 Å². The van der Waals surface area contributed by atoms with Crippen LogP contribution < -0.4 is 5.11 Å². The van der Waals surface area contributed by atoms with E-state index in [4.69, 9.17) is 18.9 Å². The van der Waals surface area contributed by atoms with Gasteiger partial charge in [-0.25, -0.2) is 0 Å². The number of rotatable bonds is 50. The molecule has 368 valence electrons. The van der Waals surface area contributed by atoms with E-state index in [2.05, 4.69) is 13.8 Å². The number of likely N-dealkylation sites (N-methyl/N-ethyl adjacent to an activating group) is 1. The predicted octanol–water partition coefficient (Wildman–Crippen LogP) is 13.5. The van der Waals surface area contributed by atoms with Crippen LogP contribution in [0.2, 0.25) is 0 Å². The lowest BCUT2D eigenvalue weighted by Crippen LogP contribution is -2.44. The quantitative estimate of drug-likeness (QED) is 0.0257. The minimum atomic E-state index is -1.61. The first-order valence-corrected chi connectivity index (χ1v) is 26.7. The summed E-state index contributed by atoms with van der Waals surface area (Å²) in [4.78, 5) is 37.1. The second kappa shape index (κ2) is 45.8. The molecule has 0 aliphatic carbocycles. The minimum absolute atomic E-state index is 0.153. The molecule has 0 aliphatic heterocycles. The number of aliphatic carboxylic acids is 1. The summed E-state index contributed by atoms with van der Waals surface area (Å²) in [5, 5.41) is 11.7. The Balaban J connectivity index is 4.22. The molecule has 0 spiro atoms. The molecular formula is C53H103NO8. The van der Waals surface area contributed by atoms with Crippen LogP contribution >= 0.6 is 0 Å². The molecule has 0 aliphatic rings. The summed E-state index contributed by atoms with van der Waals surface area (Å²) in [6.07, 6.45) is 45.7. The molecule has 62 heavy (non-hydrogen) atoms. The highest BCUT2D eigenvalue weighted by molar-refractivity contribution is 5.70. The summed E-state index contributed by atoms with van der Waals surface area (Å²) in [6.45, 7) is 4.80. The zero-order chi connectivity index (χ0) is 45.6. The summed E-state index contributed by atoms with van der Waals surface area (Å²) in [5.41, 5.74) is 0. The Morgan fingerprint density at radius 3 is 1.03 bits per heavy atom. The van der Waals surface area contributed by atoms with E-state index in [1.807, 2.05) is 21.1 Å². The maximum Gasteiger partial charge on any atom is 0.306 e. The van der Waals surface area contributed by atoms with E-state index in [1.54, 1.807) is 0 Å². The van der Waals surface area contributed by atoms with Gasteiger partial charge < -0.3 is 33.3 Å². The third kappa shape index (κ3) is 46.3. The Bertz CT molecular complexity index is 985. The highest BCUT2D eigenvalue weighted by Gasteiger charge is 2.22. The summed E-state index contributed by atoms with van der Waals surface area (Å²) < 4.78 is 22.7. The molecule has 0 radical (unpaired) electrons. The van der Waals surface area contributed by atoms with Crippen molar-refractivity contribution in [1.82, 2.24) is 0 Å². The van der Waals surface area contributed by atoms with Gasteiger partial charge in [-0.05, 0) is 12.8 Å². The number of nitrogens with zero attached hydrogens (tertiary/aromatic N) is 1. The zero-order valence-electron chi connectivity index (χ0n) is 41.8. The van der Waals surface area contributed by atoms with Crippen LogP contribution in [0, 0.1) is 0 Å². The predicted molar refractivity (Wildman–Crippen MR) is 256 cm³/mol. The number of hydrogen-bond acceptors (Lipinski definition) is 8. The van der Waals surface area contributed by atoms with Crippen molar-refractivity contribution < 1.29 is 42.9 Å². The van der Waals surface area contributed by atoms with Crippen LogP contribution in [0.4, 0.5) is 0 Å². The number of carbonyl (C=O) groups excluding carboxylic acids is 3. The van der Waals surface area contributed by atoms with Crippen LogP contribution in [0.5, 0.6) is 0 Å². The van der Waals surface area contributed by atoms with E-state index < -0.39 is 24.3 Å². The van der Waals surface area contributed by atoms with Crippen LogP contribution in [0.15, 0.2) is 0 Å². The van der Waals surface area contributed by atoms with Gasteiger partial charge in [-0.2, -0.15) is 0 Å². The Morgan fingerprint density at radius 1 is 0.419 bits per heavy atom. The lowest BCUT2D eigenvalue weighted by Gasteiger charge is -2.26. The van der Waals surface area contributed by atoms with Crippen molar-refractivity contribution in [3.63, 3.8) is 0 Å². The van der Waals surface area contributed by atoms with Gasteiger partial charge in [0.15, 0.2) is 12.4 Å². The van der Waals surface area contributed by atoms with E-state index in [0.29, 0.717) is 17.4 Å². The summed E-state index contributed by atoms with van der Waals surface area (Å²) >= 11 is 0. The minimum Gasteiger partial charge on any atom is -0.545 e. The van der Waals surface area contributed by atoms with Gasteiger partial charge in [0.1, 0.15) is 13.2 Å². The number of ether oxygens (including phenoxy) is 4. The fourth-order valence-corrected chi connectivity index (χ4v) is 7.95. The topological polar surface area (TPSA) is 111 Å². The normalized spacial score (nSPS) is 12.7. The summed E-state index contributed by atoms with van der Waals surface area (Å²) in [6, 6.07) is 0. The van der Waals surface area contributed by atoms with Crippen molar-refractivity contribution in [3.05, 3.63) is 0 Å². The van der Waals surface area contributed by atoms with Gasteiger partial charge >= 0.3 is 11.9 Å². The smallest absolute Gasteiger partial charge is 0.306 e. The average molecular weight is 882 g/mol. The number of hydrogen-bond donors (Lipinski definition) is 0. The molecule has 0 rings (SSSR count). The largest absolute Gasteiger partial charge is 0.545 e. The van der Waals surface area contributed by atoms with Crippen molar-refractivity contribution in [2.24, 2.45) is 0 Å². The second-order valence-electron chi connectivity index (χ2n) is 19.5. The number of quaternary nitrogens is 1. The third-order valence-electron chi connectivity index (χ3n) is 12.1. The van der Waals surface area contributed by atoms with Crippen LogP contribution in [0.25, 0.3) is 0 Å². The molecular weight excluding hydrogens is 779 g/mol. The van der Waals surface area contributed by atoms with Crippen LogP contribution in [0.3, 0.4) is 0 Å². The number of carboxylic acids is 1. The molecule has 9 heteroatoms. The monoisotopic (exact) mass is 882 g/mol. The summed E-state index contributed by atoms with van der Waals surface area (Å²) in [7, 11) is 5.93. The van der Waals surface area contributed by atoms with Crippen molar-refractivity contribution in [1.29, 1.82) is 0 Å². The Labute approximate surface area is 383 Å². The lowest BCUT2D eigenvalue weighted by atomic mass is 10.0. The van der Waals surface area contributed by atoms with Crippen molar-refractivity contribution in [3.8, 4) is 0 Å². The molecule has 2 unspecified atom stereocenters. The van der Waals surface area contributed by atoms with Crippen LogP contribution in [0.1, 0.15) is 264 Å². The van der Waals surface area contributed by atoms with Gasteiger partial charge in [0.2, 0.25) is 0 Å². The van der Waals surface area contributed by atoms with Crippen LogP contribution in [-0.4, -0.2) is 82.3 Å². The molecule has 0 aromatic heterocycles. The van der Waals surface area contributed by atoms with Gasteiger partial charge in [-0.3, -0.25) is 9.59 Å². The molecule has 0 aromatic rings. The molecule has 0 aromatic carbocycles. The number of carbonyl (C=O) groups is 3. The van der Waals surface area contributed by atoms with E-state index >= 15 is 0 Å². The number of carboxylic acid groups (broad SMARTS) is 1. The van der Waals surface area contributed by atoms with E-state index in [9.17, 15) is 19.5 Å². The van der Waals surface area contributed by atoms with Gasteiger partial charge in [0, 0.05) is 12.8 Å². The van der Waals surface area contributed by atoms with Crippen molar-refractivity contribution >= 4 is 17.9 Å². The molecule has 0 heterocycles. The third-order valence-corrected chi connectivity index (χ3v) is 12.1. The molecule has 9 nitrogen and oxygen atoms in total. The second-order valence-corrected chi connectivity index (χ2v) is 19.5. The summed E-state index contributed by atoms with van der Waals surface area (Å²) in [5.74, 6) is -2.26. The first-order valence-electron chi connectivity index (χ1n) is 26.7. The van der Waals surface area contributed by atoms with E-state index in [-0.39, 0.29) is 32.2 Å². The fraction of sp³-hybridized carbons (Fsp3) is 0.943. The van der Waals surface area contributed by atoms with Gasteiger partial charge in [0.05, 0.1) is 40.3 Å². The van der Waals surface area contributed by atoms with Gasteiger partial charge in [-0.15, -0.1) is 0 Å². The van der Waals surface area contributed by atoms with Crippen LogP contribution in [-0.2, 0) is 33.3 Å². The van der Waals surface area contributed by atoms with Crippen molar-refractivity contribution in [2.75, 3.05) is 47.5 Å². The Hall–Kier alpha value is -1.71. The molecule has 0 saturated heterocycles. The fourth-order valence-electron chi connectivity index (χ4n) is 7.95. The SMILES string of the molecule is CCCCCCCCCCCCCCCCCCCCCCCCCC(=O)OC(COC(=O)CCCCCCCCCCCCCCCC)COC(OCC[N+](C)(C)C)C(=O)[O-]. The molecule has 0 bridgehead atoms. The zero-order valence-corrected chi connectivity index (χ0v) is 41.8. The molecule has 2 atom stereocenters. The first-order chi connectivity index (χ1) is 30.1. The van der Waals surface area contributed by atoms with Crippen molar-refractivity contribution in [2.45, 2.75) is 277 Å². The first kappa shape index (κ1) is 60.3. The highest BCUT2D eigenvalue weighted by atomic mass is 16.7. The molecule has 0 N–H and O–H groups in total. The Kier molecular flexibility index (Phi) is 44.6. The maximum atomic E-state index is 12.8. The number of esters is 2. The lowest BCUT2D eigenvalue weighted by molar-refractivity contribution is -0.870.